The minimum atomic E-state index is -4.40. The molecule has 5 heteroatoms. The summed E-state index contributed by atoms with van der Waals surface area (Å²) in [6.07, 6.45) is -4.40. The first-order valence-electron chi connectivity index (χ1n) is 4.95. The fourth-order valence-corrected chi connectivity index (χ4v) is 1.69. The summed E-state index contributed by atoms with van der Waals surface area (Å²) in [7, 11) is 0. The van der Waals surface area contributed by atoms with Crippen molar-refractivity contribution in [1.29, 1.82) is 0 Å². The van der Waals surface area contributed by atoms with E-state index in [1.165, 1.54) is 10.7 Å². The van der Waals surface area contributed by atoms with Crippen LogP contribution in [-0.2, 0) is 6.18 Å². The van der Waals surface area contributed by atoms with E-state index in [9.17, 15) is 13.2 Å². The molecule has 0 aliphatic heterocycles. The highest BCUT2D eigenvalue weighted by molar-refractivity contribution is 5.82. The summed E-state index contributed by atoms with van der Waals surface area (Å²) in [5.41, 5.74) is -0.290. The molecule has 1 aromatic carbocycles. The highest BCUT2D eigenvalue weighted by Gasteiger charge is 2.36. The molecule has 0 amide bonds. The van der Waals surface area contributed by atoms with Gasteiger partial charge in [-0.15, -0.1) is 0 Å². The summed E-state index contributed by atoms with van der Waals surface area (Å²) < 4.78 is 39.6. The molecule has 1 aromatic heterocycles. The van der Waals surface area contributed by atoms with Crippen LogP contribution < -0.4 is 0 Å². The Balaban J connectivity index is 2.77. The predicted octanol–water partition coefficient (Wildman–Crippen LogP) is 3.64. The summed E-state index contributed by atoms with van der Waals surface area (Å²) in [6.45, 7) is 3.61. The molecule has 0 radical (unpaired) electrons. The summed E-state index contributed by atoms with van der Waals surface area (Å²) in [4.78, 5) is 0. The Hall–Kier alpha value is -1.52. The molecule has 0 saturated heterocycles. The van der Waals surface area contributed by atoms with Gasteiger partial charge in [-0.3, -0.25) is 4.68 Å². The Labute approximate surface area is 90.7 Å². The quantitative estimate of drug-likeness (QED) is 0.728. The molecule has 86 valence electrons. The number of aromatic nitrogens is 2. The monoisotopic (exact) mass is 228 g/mol. The molecule has 1 heterocycles. The molecule has 16 heavy (non-hydrogen) atoms. The van der Waals surface area contributed by atoms with Gasteiger partial charge >= 0.3 is 6.18 Å². The van der Waals surface area contributed by atoms with Gasteiger partial charge in [0.2, 0.25) is 0 Å². The van der Waals surface area contributed by atoms with Gasteiger partial charge in [0, 0.05) is 11.4 Å². The van der Waals surface area contributed by atoms with Gasteiger partial charge in [0.15, 0.2) is 5.69 Å². The zero-order valence-corrected chi connectivity index (χ0v) is 8.92. The van der Waals surface area contributed by atoms with Crippen molar-refractivity contribution in [3.8, 4) is 0 Å². The van der Waals surface area contributed by atoms with Gasteiger partial charge in [0.05, 0.1) is 5.52 Å². The average Bonchev–Trinajstić information content (AvgIpc) is 2.56. The third kappa shape index (κ3) is 1.66. The highest BCUT2D eigenvalue weighted by Crippen LogP contribution is 2.34. The summed E-state index contributed by atoms with van der Waals surface area (Å²) in [5, 5.41) is 3.81. The normalized spacial score (nSPS) is 12.6. The van der Waals surface area contributed by atoms with Crippen LogP contribution in [0.4, 0.5) is 13.2 Å². The molecule has 0 N–H and O–H groups in total. The molecule has 0 saturated carbocycles. The van der Waals surface area contributed by atoms with Crippen LogP contribution in [0.15, 0.2) is 24.3 Å². The summed E-state index contributed by atoms with van der Waals surface area (Å²) >= 11 is 0. The zero-order chi connectivity index (χ0) is 11.9. The second-order valence-corrected chi connectivity index (χ2v) is 3.90. The molecule has 0 unspecified atom stereocenters. The SMILES string of the molecule is CC(C)n1nc(C(F)(F)F)c2ccccc21. The van der Waals surface area contributed by atoms with Crippen molar-refractivity contribution in [1.82, 2.24) is 9.78 Å². The number of rotatable bonds is 1. The van der Waals surface area contributed by atoms with Crippen LogP contribution >= 0.6 is 0 Å². The lowest BCUT2D eigenvalue weighted by atomic mass is 10.2. The van der Waals surface area contributed by atoms with Crippen molar-refractivity contribution in [2.45, 2.75) is 26.1 Å². The van der Waals surface area contributed by atoms with Gasteiger partial charge in [-0.25, -0.2) is 0 Å². The first kappa shape index (κ1) is 11.0. The predicted molar refractivity (Wildman–Crippen MR) is 55.1 cm³/mol. The Kier molecular flexibility index (Phi) is 2.40. The van der Waals surface area contributed by atoms with Crippen LogP contribution in [0.2, 0.25) is 0 Å². The third-order valence-corrected chi connectivity index (χ3v) is 2.37. The number of para-hydroxylation sites is 1. The Morgan fingerprint density at radius 3 is 2.38 bits per heavy atom. The van der Waals surface area contributed by atoms with E-state index in [0.29, 0.717) is 5.52 Å². The Morgan fingerprint density at radius 1 is 1.19 bits per heavy atom. The molecule has 0 bridgehead atoms. The fraction of sp³-hybridized carbons (Fsp3) is 0.364. The van der Waals surface area contributed by atoms with Gasteiger partial charge in [-0.1, -0.05) is 18.2 Å². The lowest BCUT2D eigenvalue weighted by Crippen LogP contribution is -2.09. The van der Waals surface area contributed by atoms with Crippen molar-refractivity contribution in [2.24, 2.45) is 0 Å². The number of hydrogen-bond acceptors (Lipinski definition) is 1. The van der Waals surface area contributed by atoms with E-state index in [2.05, 4.69) is 5.10 Å². The molecule has 0 fully saturated rings. The first-order chi connectivity index (χ1) is 7.41. The Morgan fingerprint density at radius 2 is 1.81 bits per heavy atom. The number of benzene rings is 1. The number of halogens is 3. The van der Waals surface area contributed by atoms with Crippen LogP contribution in [0.1, 0.15) is 25.6 Å². The first-order valence-corrected chi connectivity index (χ1v) is 4.95. The molecule has 2 nitrogen and oxygen atoms in total. The molecule has 0 atom stereocenters. The maximum atomic E-state index is 12.7. The van der Waals surface area contributed by atoms with E-state index in [4.69, 9.17) is 0 Å². The van der Waals surface area contributed by atoms with E-state index < -0.39 is 11.9 Å². The number of fused-ring (bicyclic) bond motifs is 1. The molecular weight excluding hydrogens is 217 g/mol. The topological polar surface area (TPSA) is 17.8 Å². The van der Waals surface area contributed by atoms with Crippen LogP contribution in [0.5, 0.6) is 0 Å². The van der Waals surface area contributed by atoms with E-state index in [1.807, 2.05) is 0 Å². The van der Waals surface area contributed by atoms with Gasteiger partial charge in [-0.05, 0) is 19.9 Å². The van der Waals surface area contributed by atoms with Crippen LogP contribution in [0.25, 0.3) is 10.9 Å². The van der Waals surface area contributed by atoms with Crippen LogP contribution in [0.3, 0.4) is 0 Å². The molecular formula is C11H11F3N2. The third-order valence-electron chi connectivity index (χ3n) is 2.37. The van der Waals surface area contributed by atoms with Gasteiger partial charge < -0.3 is 0 Å². The van der Waals surface area contributed by atoms with E-state index >= 15 is 0 Å². The zero-order valence-electron chi connectivity index (χ0n) is 8.92. The fourth-order valence-electron chi connectivity index (χ4n) is 1.69. The largest absolute Gasteiger partial charge is 0.435 e. The van der Waals surface area contributed by atoms with E-state index in [-0.39, 0.29) is 11.4 Å². The highest BCUT2D eigenvalue weighted by atomic mass is 19.4. The van der Waals surface area contributed by atoms with Gasteiger partial charge in [-0.2, -0.15) is 18.3 Å². The summed E-state index contributed by atoms with van der Waals surface area (Å²) in [6, 6.07) is 6.30. The minimum absolute atomic E-state index is 0.0963. The van der Waals surface area contributed by atoms with E-state index in [1.54, 1.807) is 32.0 Å². The molecule has 0 spiro atoms. The van der Waals surface area contributed by atoms with Crippen LogP contribution in [-0.4, -0.2) is 9.78 Å². The lowest BCUT2D eigenvalue weighted by molar-refractivity contribution is -0.140. The molecule has 0 aliphatic carbocycles. The maximum Gasteiger partial charge on any atom is 0.435 e. The maximum absolute atomic E-state index is 12.7. The Bertz CT molecular complexity index is 511. The smallest absolute Gasteiger partial charge is 0.262 e. The lowest BCUT2D eigenvalue weighted by Gasteiger charge is -2.06. The van der Waals surface area contributed by atoms with Gasteiger partial charge in [0.25, 0.3) is 0 Å². The van der Waals surface area contributed by atoms with Crippen molar-refractivity contribution in [2.75, 3.05) is 0 Å². The average molecular weight is 228 g/mol. The molecule has 0 aliphatic rings. The number of alkyl halides is 3. The van der Waals surface area contributed by atoms with Crippen molar-refractivity contribution in [3.63, 3.8) is 0 Å². The van der Waals surface area contributed by atoms with Crippen molar-refractivity contribution in [3.05, 3.63) is 30.0 Å². The van der Waals surface area contributed by atoms with Crippen LogP contribution in [0, 0.1) is 0 Å². The van der Waals surface area contributed by atoms with Gasteiger partial charge in [0.1, 0.15) is 0 Å². The molecule has 2 aromatic rings. The van der Waals surface area contributed by atoms with Crippen molar-refractivity contribution >= 4 is 10.9 Å². The minimum Gasteiger partial charge on any atom is -0.262 e. The van der Waals surface area contributed by atoms with E-state index in [0.717, 1.165) is 0 Å². The second-order valence-electron chi connectivity index (χ2n) is 3.90. The second kappa shape index (κ2) is 3.50. The summed E-state index contributed by atoms with van der Waals surface area (Å²) in [5.74, 6) is 0. The standard InChI is InChI=1S/C11H11F3N2/c1-7(2)16-9-6-4-3-5-8(9)10(15-16)11(12,13)14/h3-7H,1-2H3. The number of hydrogen-bond donors (Lipinski definition) is 0. The number of nitrogens with zero attached hydrogens (tertiary/aromatic N) is 2. The van der Waals surface area contributed by atoms with Crippen molar-refractivity contribution < 1.29 is 13.2 Å². The molecule has 2 rings (SSSR count).